The first-order valence-corrected chi connectivity index (χ1v) is 8.92. The average Bonchev–Trinajstić information content (AvgIpc) is 2.68. The number of pyridine rings is 1. The zero-order valence-corrected chi connectivity index (χ0v) is 15.4. The van der Waals surface area contributed by atoms with Crippen molar-refractivity contribution in [3.8, 4) is 5.75 Å². The number of likely N-dealkylation sites (N-methyl/N-ethyl adjacent to an activating group) is 1. The van der Waals surface area contributed by atoms with Crippen molar-refractivity contribution in [2.45, 2.75) is 13.0 Å². The van der Waals surface area contributed by atoms with Crippen molar-refractivity contribution in [1.82, 2.24) is 15.2 Å². The Balaban J connectivity index is 1.47. The molecule has 2 heterocycles. The molecule has 26 heavy (non-hydrogen) atoms. The van der Waals surface area contributed by atoms with Crippen LogP contribution in [0, 0.1) is 0 Å². The molecule has 1 fully saturated rings. The molecule has 3 rings (SSSR count). The third kappa shape index (κ3) is 4.95. The summed E-state index contributed by atoms with van der Waals surface area (Å²) in [5, 5.41) is 2.95. The molecule has 1 aliphatic heterocycles. The molecule has 1 saturated heterocycles. The van der Waals surface area contributed by atoms with Gasteiger partial charge in [0.25, 0.3) is 0 Å². The number of nitrogens with one attached hydrogen (secondary N) is 1. The molecule has 2 aromatic rings. The van der Waals surface area contributed by atoms with Gasteiger partial charge >= 0.3 is 0 Å². The number of rotatable bonds is 6. The predicted molar refractivity (Wildman–Crippen MR) is 102 cm³/mol. The van der Waals surface area contributed by atoms with Crippen molar-refractivity contribution < 1.29 is 9.53 Å². The van der Waals surface area contributed by atoms with Crippen LogP contribution < -0.4 is 15.0 Å². The van der Waals surface area contributed by atoms with E-state index in [1.54, 1.807) is 7.11 Å². The van der Waals surface area contributed by atoms with E-state index in [0.29, 0.717) is 13.0 Å². The minimum atomic E-state index is -0.00156. The summed E-state index contributed by atoms with van der Waals surface area (Å²) in [6.45, 7) is 4.61. The number of methoxy groups -OCH3 is 1. The molecule has 0 atom stereocenters. The Hall–Kier alpha value is -2.60. The molecule has 138 valence electrons. The van der Waals surface area contributed by atoms with Crippen molar-refractivity contribution in [2.24, 2.45) is 0 Å². The van der Waals surface area contributed by atoms with Gasteiger partial charge in [-0.1, -0.05) is 18.2 Å². The van der Waals surface area contributed by atoms with E-state index in [0.717, 1.165) is 48.9 Å². The standard InChI is InChI=1S/C20H26N4O2/c1-23-9-11-24(12-10-23)19-8-5-17(14-21-19)15-22-20(25)13-16-3-6-18(26-2)7-4-16/h3-8,14H,9-13,15H2,1-2H3,(H,22,25). The van der Waals surface area contributed by atoms with Crippen molar-refractivity contribution in [3.05, 3.63) is 53.7 Å². The number of amides is 1. The first kappa shape index (κ1) is 18.2. The molecule has 0 radical (unpaired) electrons. The van der Waals surface area contributed by atoms with Crippen LogP contribution in [-0.4, -0.2) is 56.1 Å². The van der Waals surface area contributed by atoms with Crippen molar-refractivity contribution in [1.29, 1.82) is 0 Å². The number of carbonyl (C=O) groups excluding carboxylic acids is 1. The molecule has 0 saturated carbocycles. The number of hydrogen-bond donors (Lipinski definition) is 1. The maximum absolute atomic E-state index is 12.1. The van der Waals surface area contributed by atoms with E-state index >= 15 is 0 Å². The topological polar surface area (TPSA) is 57.7 Å². The molecule has 1 aromatic carbocycles. The predicted octanol–water partition coefficient (Wildman–Crippen LogP) is 1.70. The number of anilines is 1. The van der Waals surface area contributed by atoms with E-state index in [9.17, 15) is 4.79 Å². The molecule has 6 nitrogen and oxygen atoms in total. The Morgan fingerprint density at radius 1 is 1.08 bits per heavy atom. The zero-order valence-electron chi connectivity index (χ0n) is 15.4. The number of aromatic nitrogens is 1. The first-order valence-electron chi connectivity index (χ1n) is 8.92. The fourth-order valence-electron chi connectivity index (χ4n) is 2.94. The normalized spacial score (nSPS) is 14.9. The van der Waals surface area contributed by atoms with Crippen LogP contribution in [0.1, 0.15) is 11.1 Å². The maximum Gasteiger partial charge on any atom is 0.224 e. The second kappa shape index (κ2) is 8.67. The van der Waals surface area contributed by atoms with Gasteiger partial charge in [0.2, 0.25) is 5.91 Å². The molecule has 0 spiro atoms. The smallest absolute Gasteiger partial charge is 0.224 e. The minimum Gasteiger partial charge on any atom is -0.497 e. The second-order valence-electron chi connectivity index (χ2n) is 6.62. The van der Waals surface area contributed by atoms with E-state index < -0.39 is 0 Å². The first-order chi connectivity index (χ1) is 12.6. The van der Waals surface area contributed by atoms with Crippen molar-refractivity contribution in [2.75, 3.05) is 45.2 Å². The Morgan fingerprint density at radius 2 is 1.77 bits per heavy atom. The Labute approximate surface area is 154 Å². The number of ether oxygens (including phenoxy) is 1. The van der Waals surface area contributed by atoms with Gasteiger partial charge in [0.15, 0.2) is 0 Å². The van der Waals surface area contributed by atoms with Crippen LogP contribution in [0.5, 0.6) is 5.75 Å². The Morgan fingerprint density at radius 3 is 2.38 bits per heavy atom. The summed E-state index contributed by atoms with van der Waals surface area (Å²) in [7, 11) is 3.77. The van der Waals surface area contributed by atoms with Gasteiger partial charge in [0, 0.05) is 38.9 Å². The average molecular weight is 354 g/mol. The van der Waals surface area contributed by atoms with Crippen LogP contribution in [0.15, 0.2) is 42.6 Å². The molecule has 6 heteroatoms. The summed E-state index contributed by atoms with van der Waals surface area (Å²) in [6, 6.07) is 11.6. The highest BCUT2D eigenvalue weighted by atomic mass is 16.5. The molecular weight excluding hydrogens is 328 g/mol. The second-order valence-corrected chi connectivity index (χ2v) is 6.62. The summed E-state index contributed by atoms with van der Waals surface area (Å²) in [6.07, 6.45) is 2.21. The number of nitrogens with zero attached hydrogens (tertiary/aromatic N) is 3. The lowest BCUT2D eigenvalue weighted by Crippen LogP contribution is -2.44. The minimum absolute atomic E-state index is 0.00156. The lowest BCUT2D eigenvalue weighted by atomic mass is 10.1. The van der Waals surface area contributed by atoms with Gasteiger partial charge in [0.1, 0.15) is 11.6 Å². The number of benzene rings is 1. The molecule has 1 aromatic heterocycles. The van der Waals surface area contributed by atoms with E-state index in [-0.39, 0.29) is 5.91 Å². The lowest BCUT2D eigenvalue weighted by Gasteiger charge is -2.33. The van der Waals surface area contributed by atoms with Crippen molar-refractivity contribution in [3.63, 3.8) is 0 Å². The third-order valence-corrected chi connectivity index (χ3v) is 4.65. The number of carbonyl (C=O) groups is 1. The van der Waals surface area contributed by atoms with Gasteiger partial charge in [-0.2, -0.15) is 0 Å². The maximum atomic E-state index is 12.1. The summed E-state index contributed by atoms with van der Waals surface area (Å²) in [4.78, 5) is 21.3. The summed E-state index contributed by atoms with van der Waals surface area (Å²) in [5.74, 6) is 1.80. The number of hydrogen-bond acceptors (Lipinski definition) is 5. The van der Waals surface area contributed by atoms with Crippen LogP contribution in [0.2, 0.25) is 0 Å². The highest BCUT2D eigenvalue weighted by molar-refractivity contribution is 5.78. The van der Waals surface area contributed by atoms with Crippen LogP contribution in [0.25, 0.3) is 0 Å². The third-order valence-electron chi connectivity index (χ3n) is 4.65. The van der Waals surface area contributed by atoms with Gasteiger partial charge in [-0.25, -0.2) is 4.98 Å². The van der Waals surface area contributed by atoms with E-state index in [2.05, 4.69) is 27.1 Å². The van der Waals surface area contributed by atoms with Gasteiger partial charge in [-0.3, -0.25) is 4.79 Å². The van der Waals surface area contributed by atoms with Gasteiger partial charge in [-0.05, 0) is 36.4 Å². The molecule has 0 bridgehead atoms. The highest BCUT2D eigenvalue weighted by Crippen LogP contribution is 2.14. The van der Waals surface area contributed by atoms with E-state index in [1.807, 2.05) is 42.6 Å². The molecule has 1 N–H and O–H groups in total. The van der Waals surface area contributed by atoms with Crippen molar-refractivity contribution >= 4 is 11.7 Å². The van der Waals surface area contributed by atoms with E-state index in [4.69, 9.17) is 4.74 Å². The molecule has 0 aliphatic carbocycles. The fraction of sp³-hybridized carbons (Fsp3) is 0.400. The van der Waals surface area contributed by atoms with Crippen LogP contribution in [0.3, 0.4) is 0 Å². The molecule has 1 amide bonds. The monoisotopic (exact) mass is 354 g/mol. The summed E-state index contributed by atoms with van der Waals surface area (Å²) in [5.41, 5.74) is 1.97. The quantitative estimate of drug-likeness (QED) is 0.856. The number of piperazine rings is 1. The summed E-state index contributed by atoms with van der Waals surface area (Å²) >= 11 is 0. The van der Waals surface area contributed by atoms with E-state index in [1.165, 1.54) is 0 Å². The van der Waals surface area contributed by atoms with Gasteiger partial charge < -0.3 is 19.9 Å². The largest absolute Gasteiger partial charge is 0.497 e. The molecule has 1 aliphatic rings. The highest BCUT2D eigenvalue weighted by Gasteiger charge is 2.15. The zero-order chi connectivity index (χ0) is 18.4. The summed E-state index contributed by atoms with van der Waals surface area (Å²) < 4.78 is 5.12. The Kier molecular flexibility index (Phi) is 6.07. The SMILES string of the molecule is COc1ccc(CC(=O)NCc2ccc(N3CCN(C)CC3)nc2)cc1. The van der Waals surface area contributed by atoms with Crippen LogP contribution >= 0.6 is 0 Å². The van der Waals surface area contributed by atoms with Crippen LogP contribution in [-0.2, 0) is 17.8 Å². The lowest BCUT2D eigenvalue weighted by molar-refractivity contribution is -0.120. The molecule has 0 unspecified atom stereocenters. The molecular formula is C20H26N4O2. The fourth-order valence-corrected chi connectivity index (χ4v) is 2.94. The van der Waals surface area contributed by atoms with Crippen LogP contribution in [0.4, 0.5) is 5.82 Å². The van der Waals surface area contributed by atoms with Gasteiger partial charge in [0.05, 0.1) is 13.5 Å². The Bertz CT molecular complexity index is 708. The van der Waals surface area contributed by atoms with Gasteiger partial charge in [-0.15, -0.1) is 0 Å².